The van der Waals surface area contributed by atoms with Crippen molar-refractivity contribution in [1.82, 2.24) is 4.98 Å². The molecule has 1 aromatic carbocycles. The van der Waals surface area contributed by atoms with Crippen molar-refractivity contribution in [3.05, 3.63) is 52.7 Å². The highest BCUT2D eigenvalue weighted by Crippen LogP contribution is 2.32. The van der Waals surface area contributed by atoms with E-state index in [1.165, 1.54) is 0 Å². The molecule has 9 heteroatoms. The van der Waals surface area contributed by atoms with Crippen LogP contribution in [-0.4, -0.2) is 24.0 Å². The number of carbonyl (C=O) groups excluding carboxylic acids is 1. The number of primary amides is 1. The Kier molecular flexibility index (Phi) is 5.98. The molecule has 0 saturated carbocycles. The maximum absolute atomic E-state index is 12.7. The number of hydrogen-bond donors (Lipinski definition) is 2. The molecule has 0 spiro atoms. The summed E-state index contributed by atoms with van der Waals surface area (Å²) in [6.07, 6.45) is -2.00. The van der Waals surface area contributed by atoms with Crippen LogP contribution in [0.2, 0.25) is 5.02 Å². The van der Waals surface area contributed by atoms with E-state index in [-0.39, 0.29) is 22.7 Å². The van der Waals surface area contributed by atoms with E-state index in [0.29, 0.717) is 13.1 Å². The maximum atomic E-state index is 12.7. The van der Waals surface area contributed by atoms with E-state index >= 15 is 0 Å². The Hall–Kier alpha value is -2.48. The average Bonchev–Trinajstić information content (AvgIpc) is 2.67. The number of nitrogens with two attached hydrogens (primary N) is 1. The minimum Gasteiger partial charge on any atom is -0.371 e. The monoisotopic (exact) mass is 412 g/mol. The summed E-state index contributed by atoms with van der Waals surface area (Å²) in [4.78, 5) is 17.3. The molecule has 1 fully saturated rings. The van der Waals surface area contributed by atoms with Gasteiger partial charge in [-0.05, 0) is 36.6 Å². The third kappa shape index (κ3) is 4.86. The lowest BCUT2D eigenvalue weighted by molar-refractivity contribution is -0.137. The third-order valence-electron chi connectivity index (χ3n) is 4.75. The second-order valence-electron chi connectivity index (χ2n) is 6.76. The second kappa shape index (κ2) is 8.26. The average molecular weight is 413 g/mol. The Labute approximate surface area is 165 Å². The fourth-order valence-electron chi connectivity index (χ4n) is 3.18. The fraction of sp³-hybridized carbons (Fsp3) is 0.368. The molecule has 1 amide bonds. The van der Waals surface area contributed by atoms with Gasteiger partial charge in [0.25, 0.3) is 0 Å². The molecule has 3 N–H and O–H groups in total. The number of aromatic nitrogens is 1. The number of benzene rings is 1. The van der Waals surface area contributed by atoms with E-state index < -0.39 is 11.7 Å². The number of pyridine rings is 1. The Bertz CT molecular complexity index is 842. The molecule has 2 aromatic rings. The van der Waals surface area contributed by atoms with Gasteiger partial charge in [0.15, 0.2) is 0 Å². The van der Waals surface area contributed by atoms with Gasteiger partial charge in [-0.3, -0.25) is 4.79 Å². The molecule has 28 heavy (non-hydrogen) atoms. The first-order chi connectivity index (χ1) is 13.2. The molecule has 2 heterocycles. The van der Waals surface area contributed by atoms with E-state index in [9.17, 15) is 18.0 Å². The molecule has 1 aliphatic heterocycles. The van der Waals surface area contributed by atoms with Crippen molar-refractivity contribution in [3.63, 3.8) is 0 Å². The molecule has 3 rings (SSSR count). The fourth-order valence-corrected chi connectivity index (χ4v) is 3.41. The SMILES string of the molecule is NC(=O)C1CCCN(c2ccc(CNc3ncc(C(F)(F)F)cc3Cl)cc2)C1. The Balaban J connectivity index is 1.61. The molecular weight excluding hydrogens is 393 g/mol. The largest absolute Gasteiger partial charge is 0.417 e. The van der Waals surface area contributed by atoms with E-state index in [0.717, 1.165) is 42.9 Å². The first-order valence-corrected chi connectivity index (χ1v) is 9.21. The van der Waals surface area contributed by atoms with Crippen molar-refractivity contribution < 1.29 is 18.0 Å². The Morgan fingerprint density at radius 2 is 2.04 bits per heavy atom. The van der Waals surface area contributed by atoms with Crippen molar-refractivity contribution in [1.29, 1.82) is 0 Å². The zero-order valence-electron chi connectivity index (χ0n) is 15.0. The molecule has 1 atom stereocenters. The number of piperidine rings is 1. The van der Waals surface area contributed by atoms with Crippen LogP contribution in [0.4, 0.5) is 24.7 Å². The lowest BCUT2D eigenvalue weighted by Crippen LogP contribution is -2.41. The predicted molar refractivity (Wildman–Crippen MR) is 102 cm³/mol. The second-order valence-corrected chi connectivity index (χ2v) is 7.17. The van der Waals surface area contributed by atoms with Gasteiger partial charge < -0.3 is 16.0 Å². The molecule has 5 nitrogen and oxygen atoms in total. The van der Waals surface area contributed by atoms with E-state index in [4.69, 9.17) is 17.3 Å². The number of rotatable bonds is 5. The number of halogens is 4. The highest BCUT2D eigenvalue weighted by Gasteiger charge is 2.31. The van der Waals surface area contributed by atoms with E-state index in [1.54, 1.807) is 0 Å². The number of amides is 1. The maximum Gasteiger partial charge on any atom is 0.417 e. The standard InChI is InChI=1S/C19H20ClF3N4O/c20-16-8-14(19(21,22)23)10-26-18(16)25-9-12-3-5-15(6-4-12)27-7-1-2-13(11-27)17(24)28/h3-6,8,10,13H,1-2,7,9,11H2,(H2,24,28)(H,25,26). The van der Waals surface area contributed by atoms with Crippen molar-refractivity contribution >= 4 is 29.0 Å². The summed E-state index contributed by atoms with van der Waals surface area (Å²) in [5.74, 6) is -0.214. The van der Waals surface area contributed by atoms with Gasteiger partial charge in [0.1, 0.15) is 5.82 Å². The lowest BCUT2D eigenvalue weighted by atomic mass is 9.97. The van der Waals surface area contributed by atoms with E-state index in [2.05, 4.69) is 15.2 Å². The van der Waals surface area contributed by atoms with Gasteiger partial charge >= 0.3 is 6.18 Å². The zero-order valence-corrected chi connectivity index (χ0v) is 15.7. The van der Waals surface area contributed by atoms with Gasteiger partial charge in [-0.15, -0.1) is 0 Å². The molecule has 1 unspecified atom stereocenters. The minimum atomic E-state index is -4.48. The molecule has 0 bridgehead atoms. The first-order valence-electron chi connectivity index (χ1n) is 8.84. The molecule has 1 saturated heterocycles. The molecule has 0 aliphatic carbocycles. The quantitative estimate of drug-likeness (QED) is 0.776. The van der Waals surface area contributed by atoms with Crippen LogP contribution in [0.3, 0.4) is 0 Å². The Morgan fingerprint density at radius 3 is 2.64 bits per heavy atom. The molecule has 150 valence electrons. The van der Waals surface area contributed by atoms with Crippen LogP contribution in [0.15, 0.2) is 36.5 Å². The number of carbonyl (C=O) groups is 1. The normalized spacial score (nSPS) is 17.4. The number of nitrogens with one attached hydrogen (secondary N) is 1. The van der Waals surface area contributed by atoms with Crippen molar-refractivity contribution in [2.45, 2.75) is 25.6 Å². The van der Waals surface area contributed by atoms with Gasteiger partial charge in [-0.25, -0.2) is 4.98 Å². The first kappa shape index (κ1) is 20.3. The molecule has 1 aliphatic rings. The summed E-state index contributed by atoms with van der Waals surface area (Å²) in [6, 6.07) is 8.57. The summed E-state index contributed by atoms with van der Waals surface area (Å²) >= 11 is 5.90. The van der Waals surface area contributed by atoms with Crippen molar-refractivity contribution in [2.24, 2.45) is 11.7 Å². The van der Waals surface area contributed by atoms with Crippen LogP contribution in [0.5, 0.6) is 0 Å². The number of hydrogen-bond acceptors (Lipinski definition) is 4. The summed E-state index contributed by atoms with van der Waals surface area (Å²) < 4.78 is 38.0. The van der Waals surface area contributed by atoms with Gasteiger partial charge in [0, 0.05) is 31.5 Å². The lowest BCUT2D eigenvalue weighted by Gasteiger charge is -2.33. The van der Waals surface area contributed by atoms with Crippen molar-refractivity contribution in [3.8, 4) is 0 Å². The summed E-state index contributed by atoms with van der Waals surface area (Å²) in [6.45, 7) is 1.84. The summed E-state index contributed by atoms with van der Waals surface area (Å²) in [7, 11) is 0. The van der Waals surface area contributed by atoms with Crippen LogP contribution in [-0.2, 0) is 17.5 Å². The zero-order chi connectivity index (χ0) is 20.3. The number of anilines is 2. The summed E-state index contributed by atoms with van der Waals surface area (Å²) in [5, 5.41) is 2.86. The smallest absolute Gasteiger partial charge is 0.371 e. The molecule has 0 radical (unpaired) electrons. The highest BCUT2D eigenvalue weighted by molar-refractivity contribution is 6.32. The minimum absolute atomic E-state index is 0.0859. The van der Waals surface area contributed by atoms with Crippen molar-refractivity contribution in [2.75, 3.05) is 23.3 Å². The van der Waals surface area contributed by atoms with Gasteiger partial charge in [-0.2, -0.15) is 13.2 Å². The van der Waals surface area contributed by atoms with E-state index in [1.807, 2.05) is 24.3 Å². The Morgan fingerprint density at radius 1 is 1.32 bits per heavy atom. The predicted octanol–water partition coefficient (Wildman–Crippen LogP) is 4.07. The van der Waals surface area contributed by atoms with Gasteiger partial charge in [0.05, 0.1) is 16.5 Å². The topological polar surface area (TPSA) is 71.2 Å². The van der Waals surface area contributed by atoms with Crippen LogP contribution in [0.1, 0.15) is 24.0 Å². The number of nitrogens with zero attached hydrogens (tertiary/aromatic N) is 2. The third-order valence-corrected chi connectivity index (χ3v) is 5.04. The summed E-state index contributed by atoms with van der Waals surface area (Å²) in [5.41, 5.74) is 6.45. The van der Waals surface area contributed by atoms with Crippen LogP contribution in [0.25, 0.3) is 0 Å². The van der Waals surface area contributed by atoms with Gasteiger partial charge in [0.2, 0.25) is 5.91 Å². The number of alkyl halides is 3. The highest BCUT2D eigenvalue weighted by atomic mass is 35.5. The van der Waals surface area contributed by atoms with Crippen LogP contribution < -0.4 is 16.0 Å². The molecule has 1 aromatic heterocycles. The van der Waals surface area contributed by atoms with Crippen LogP contribution in [0, 0.1) is 5.92 Å². The van der Waals surface area contributed by atoms with Crippen LogP contribution >= 0.6 is 11.6 Å². The van der Waals surface area contributed by atoms with Gasteiger partial charge in [-0.1, -0.05) is 23.7 Å². The molecular formula is C19H20ClF3N4O.